The van der Waals surface area contributed by atoms with Crippen LogP contribution in [0, 0.1) is 0 Å². The predicted octanol–water partition coefficient (Wildman–Crippen LogP) is 4.12. The molecule has 0 fully saturated rings. The number of allylic oxidation sites excluding steroid dienone is 1. The maximum atomic E-state index is 12.8. The van der Waals surface area contributed by atoms with Crippen LogP contribution >= 0.6 is 11.8 Å². The SMILES string of the molecule is CCSC(=NB(c1ccccc1)c1ccccc1)C(C(=O)OC(C)(C)C)=C(C)O. The molecule has 2 rings (SSSR count). The molecule has 1 N–H and O–H groups in total. The zero-order valence-corrected chi connectivity index (χ0v) is 18.5. The molecule has 4 nitrogen and oxygen atoms in total. The van der Waals surface area contributed by atoms with E-state index < -0.39 is 11.6 Å². The first kappa shape index (κ1) is 22.8. The summed E-state index contributed by atoms with van der Waals surface area (Å²) in [7, 11) is 0. The van der Waals surface area contributed by atoms with Crippen LogP contribution in [-0.4, -0.2) is 34.3 Å². The van der Waals surface area contributed by atoms with Crippen molar-refractivity contribution in [3.05, 3.63) is 72.0 Å². The Morgan fingerprint density at radius 1 is 1.03 bits per heavy atom. The Morgan fingerprint density at radius 3 is 1.90 bits per heavy atom. The molecule has 29 heavy (non-hydrogen) atoms. The smallest absolute Gasteiger partial charge is 0.345 e. The van der Waals surface area contributed by atoms with Crippen LogP contribution < -0.4 is 10.9 Å². The maximum absolute atomic E-state index is 12.8. The Labute approximate surface area is 178 Å². The number of rotatable bonds is 6. The van der Waals surface area contributed by atoms with Crippen LogP contribution in [0.2, 0.25) is 0 Å². The van der Waals surface area contributed by atoms with E-state index in [0.29, 0.717) is 10.8 Å². The van der Waals surface area contributed by atoms with E-state index in [2.05, 4.69) is 0 Å². The maximum Gasteiger partial charge on any atom is 0.345 e. The fourth-order valence-electron chi connectivity index (χ4n) is 2.76. The molecule has 0 aliphatic heterocycles. The Kier molecular flexibility index (Phi) is 8.15. The Balaban J connectivity index is 2.59. The monoisotopic (exact) mass is 409 g/mol. The number of carbonyl (C=O) groups is 1. The van der Waals surface area contributed by atoms with Gasteiger partial charge in [0, 0.05) is 0 Å². The fourth-order valence-corrected chi connectivity index (χ4v) is 3.59. The summed E-state index contributed by atoms with van der Waals surface area (Å²) < 4.78 is 5.53. The lowest BCUT2D eigenvalue weighted by atomic mass is 9.51. The van der Waals surface area contributed by atoms with Gasteiger partial charge in [-0.2, -0.15) is 0 Å². The standard InChI is InChI=1S/C23H28BNO3S/c1-6-29-21(20(17(2)26)22(27)28-23(3,4)5)25-24(18-13-9-7-10-14-18)19-15-11-8-12-16-19/h7-16,26H,6H2,1-5H3. The van der Waals surface area contributed by atoms with Crippen LogP contribution in [0.4, 0.5) is 0 Å². The molecule has 0 saturated heterocycles. The van der Waals surface area contributed by atoms with Crippen LogP contribution in [0.3, 0.4) is 0 Å². The molecule has 0 saturated carbocycles. The van der Waals surface area contributed by atoms with Crippen molar-refractivity contribution >= 4 is 40.5 Å². The third kappa shape index (κ3) is 6.82. The average Bonchev–Trinajstić information content (AvgIpc) is 2.66. The Morgan fingerprint density at radius 2 is 1.52 bits per heavy atom. The second-order valence-electron chi connectivity index (χ2n) is 7.55. The topological polar surface area (TPSA) is 58.9 Å². The van der Waals surface area contributed by atoms with Gasteiger partial charge in [-0.1, -0.05) is 67.6 Å². The van der Waals surface area contributed by atoms with Gasteiger partial charge in [0.25, 0.3) is 0 Å². The summed E-state index contributed by atoms with van der Waals surface area (Å²) in [6, 6.07) is 19.8. The minimum atomic E-state index is -0.669. The van der Waals surface area contributed by atoms with Gasteiger partial charge < -0.3 is 14.7 Å². The zero-order chi connectivity index (χ0) is 21.4. The van der Waals surface area contributed by atoms with Crippen molar-refractivity contribution in [2.45, 2.75) is 40.2 Å². The van der Waals surface area contributed by atoms with Crippen LogP contribution in [-0.2, 0) is 9.53 Å². The molecule has 0 aliphatic carbocycles. The number of hydrogen-bond acceptors (Lipinski definition) is 5. The summed E-state index contributed by atoms with van der Waals surface area (Å²) in [5.74, 6) is 0.0326. The first-order valence-corrected chi connectivity index (χ1v) is 10.7. The van der Waals surface area contributed by atoms with E-state index in [0.717, 1.165) is 10.9 Å². The number of aliphatic hydroxyl groups is 1. The molecule has 152 valence electrons. The van der Waals surface area contributed by atoms with E-state index in [4.69, 9.17) is 9.64 Å². The molecule has 0 unspecified atom stereocenters. The van der Waals surface area contributed by atoms with Gasteiger partial charge in [-0.3, -0.25) is 0 Å². The molecule has 0 amide bonds. The minimum absolute atomic E-state index is 0.0983. The largest absolute Gasteiger partial charge is 0.512 e. The minimum Gasteiger partial charge on any atom is -0.512 e. The number of aliphatic hydroxyl groups excluding tert-OH is 1. The van der Waals surface area contributed by atoms with E-state index in [1.807, 2.05) is 67.6 Å². The number of nitrogens with zero attached hydrogens (tertiary/aromatic N) is 1. The highest BCUT2D eigenvalue weighted by molar-refractivity contribution is 8.14. The second kappa shape index (κ2) is 10.4. The molecule has 0 bridgehead atoms. The number of esters is 1. The van der Waals surface area contributed by atoms with E-state index in [-0.39, 0.29) is 18.2 Å². The average molecular weight is 409 g/mol. The van der Waals surface area contributed by atoms with Crippen LogP contribution in [0.25, 0.3) is 0 Å². The van der Waals surface area contributed by atoms with E-state index in [1.165, 1.54) is 18.7 Å². The molecule has 6 heteroatoms. The van der Waals surface area contributed by atoms with Gasteiger partial charge >= 0.3 is 12.8 Å². The summed E-state index contributed by atoms with van der Waals surface area (Å²) in [4.78, 5) is 17.8. The number of ether oxygens (including phenoxy) is 1. The van der Waals surface area contributed by atoms with E-state index in [9.17, 15) is 9.90 Å². The highest BCUT2D eigenvalue weighted by Gasteiger charge is 2.28. The van der Waals surface area contributed by atoms with Gasteiger partial charge in [-0.25, -0.2) is 4.79 Å². The number of carbonyl (C=O) groups excluding carboxylic acids is 1. The summed E-state index contributed by atoms with van der Waals surface area (Å²) in [5, 5.41) is 10.8. The van der Waals surface area contributed by atoms with Crippen LogP contribution in [0.5, 0.6) is 0 Å². The third-order valence-corrected chi connectivity index (χ3v) is 4.81. The predicted molar refractivity (Wildman–Crippen MR) is 125 cm³/mol. The third-order valence-electron chi connectivity index (χ3n) is 3.94. The summed E-state index contributed by atoms with van der Waals surface area (Å²) in [6.07, 6.45) is 0. The highest BCUT2D eigenvalue weighted by Crippen LogP contribution is 2.21. The first-order valence-electron chi connectivity index (χ1n) is 9.67. The lowest BCUT2D eigenvalue weighted by molar-refractivity contribution is -0.149. The highest BCUT2D eigenvalue weighted by atomic mass is 32.2. The van der Waals surface area contributed by atoms with Crippen LogP contribution in [0.15, 0.2) is 76.9 Å². The van der Waals surface area contributed by atoms with Gasteiger partial charge in [-0.05, 0) is 44.4 Å². The molecular formula is C23H28BNO3S. The lowest BCUT2D eigenvalue weighted by Gasteiger charge is -2.22. The van der Waals surface area contributed by atoms with Crippen molar-refractivity contribution < 1.29 is 14.6 Å². The Bertz CT molecular complexity index is 831. The molecule has 2 aromatic carbocycles. The summed E-state index contributed by atoms with van der Waals surface area (Å²) >= 11 is 1.42. The molecule has 2 aromatic rings. The van der Waals surface area contributed by atoms with Crippen molar-refractivity contribution in [3.63, 3.8) is 0 Å². The quantitative estimate of drug-likeness (QED) is 0.195. The van der Waals surface area contributed by atoms with Crippen molar-refractivity contribution in [2.75, 3.05) is 5.75 Å². The van der Waals surface area contributed by atoms with Crippen LogP contribution in [0.1, 0.15) is 34.6 Å². The van der Waals surface area contributed by atoms with Crippen molar-refractivity contribution in [2.24, 2.45) is 4.90 Å². The van der Waals surface area contributed by atoms with Gasteiger partial charge in [0.05, 0.1) is 5.04 Å². The van der Waals surface area contributed by atoms with E-state index >= 15 is 0 Å². The molecule has 0 spiro atoms. The second-order valence-corrected chi connectivity index (χ2v) is 8.81. The number of benzene rings is 2. The van der Waals surface area contributed by atoms with Gasteiger partial charge in [0.1, 0.15) is 16.9 Å². The van der Waals surface area contributed by atoms with E-state index in [1.54, 1.807) is 20.8 Å². The Hall–Kier alpha value is -2.47. The van der Waals surface area contributed by atoms with Crippen molar-refractivity contribution in [3.8, 4) is 0 Å². The molecule has 0 aromatic heterocycles. The molecule has 0 aliphatic rings. The van der Waals surface area contributed by atoms with Crippen molar-refractivity contribution in [1.82, 2.24) is 0 Å². The van der Waals surface area contributed by atoms with Crippen molar-refractivity contribution in [1.29, 1.82) is 0 Å². The molecule has 0 atom stereocenters. The zero-order valence-electron chi connectivity index (χ0n) is 17.7. The van der Waals surface area contributed by atoms with Gasteiger partial charge in [0.2, 0.25) is 0 Å². The van der Waals surface area contributed by atoms with Gasteiger partial charge in [0.15, 0.2) is 0 Å². The molecular weight excluding hydrogens is 381 g/mol. The first-order chi connectivity index (χ1) is 13.7. The summed E-state index contributed by atoms with van der Waals surface area (Å²) in [6.45, 7) is 8.58. The molecule has 0 radical (unpaired) electrons. The number of thioether (sulfide) groups is 1. The lowest BCUT2D eigenvalue weighted by Crippen LogP contribution is -2.41. The summed E-state index contributed by atoms with van der Waals surface area (Å²) in [5.41, 5.74) is 1.46. The normalized spacial score (nSPS) is 12.9. The molecule has 0 heterocycles. The fraction of sp³-hybridized carbons (Fsp3) is 0.304. The number of hydrogen-bond donors (Lipinski definition) is 1. The van der Waals surface area contributed by atoms with Gasteiger partial charge in [-0.15, -0.1) is 11.8 Å².